The molecule has 2 rings (SSSR count). The lowest BCUT2D eigenvalue weighted by Gasteiger charge is -2.38. The molecule has 0 unspecified atom stereocenters. The Bertz CT molecular complexity index is 539. The van der Waals surface area contributed by atoms with E-state index in [0.29, 0.717) is 18.7 Å². The van der Waals surface area contributed by atoms with Crippen molar-refractivity contribution in [1.29, 1.82) is 0 Å². The van der Waals surface area contributed by atoms with Crippen LogP contribution in [0.25, 0.3) is 0 Å². The number of aliphatic hydroxyl groups is 1. The van der Waals surface area contributed by atoms with Crippen molar-refractivity contribution in [3.05, 3.63) is 17.8 Å². The Balaban J connectivity index is 2.13. The lowest BCUT2D eigenvalue weighted by molar-refractivity contribution is -0.0982. The first-order valence-corrected chi connectivity index (χ1v) is 7.99. The number of rotatable bonds is 5. The molecule has 0 amide bonds. The van der Waals surface area contributed by atoms with Crippen LogP contribution in [0.15, 0.2) is 12.3 Å². The van der Waals surface area contributed by atoms with Gasteiger partial charge in [-0.15, -0.1) is 0 Å². The van der Waals surface area contributed by atoms with Crippen LogP contribution in [0.1, 0.15) is 33.3 Å². The van der Waals surface area contributed by atoms with Crippen LogP contribution in [0.3, 0.4) is 0 Å². The van der Waals surface area contributed by atoms with Crippen LogP contribution in [0, 0.1) is 6.92 Å². The van der Waals surface area contributed by atoms with Crippen molar-refractivity contribution >= 4 is 18.4 Å². The van der Waals surface area contributed by atoms with E-state index in [1.807, 2.05) is 13.0 Å². The van der Waals surface area contributed by atoms with Crippen LogP contribution in [-0.4, -0.2) is 59.7 Å². The number of ether oxygens (including phenoxy) is 1. The van der Waals surface area contributed by atoms with Crippen LogP contribution in [0.2, 0.25) is 0 Å². The summed E-state index contributed by atoms with van der Waals surface area (Å²) in [5, 5.41) is 20.5. The summed E-state index contributed by atoms with van der Waals surface area (Å²) in [7, 11) is -1.14. The molecule has 0 bridgehead atoms. The molecule has 1 aromatic heterocycles. The highest BCUT2D eigenvalue weighted by Crippen LogP contribution is 2.25. The second kappa shape index (κ2) is 6.77. The maximum absolute atomic E-state index is 10.3. The molecule has 0 aromatic carbocycles. The fourth-order valence-corrected chi connectivity index (χ4v) is 2.32. The minimum atomic E-state index is -1.14. The average Bonchev–Trinajstić information content (AvgIpc) is 2.46. The highest BCUT2D eigenvalue weighted by atomic mass is 16.5. The van der Waals surface area contributed by atoms with E-state index in [2.05, 4.69) is 9.88 Å². The first-order valence-electron chi connectivity index (χ1n) is 7.99. The van der Waals surface area contributed by atoms with E-state index in [1.165, 1.54) is 0 Å². The van der Waals surface area contributed by atoms with E-state index in [-0.39, 0.29) is 0 Å². The van der Waals surface area contributed by atoms with Gasteiger partial charge >= 0.3 is 7.12 Å². The number of hydrogen-bond acceptors (Lipinski definition) is 6. The normalized spacial score (nSPS) is 16.6. The molecule has 0 radical (unpaired) electrons. The Morgan fingerprint density at radius 3 is 2.39 bits per heavy atom. The topological polar surface area (TPSA) is 75.0 Å². The number of nitrogens with zero attached hydrogens (tertiary/aromatic N) is 2. The molecule has 128 valence electrons. The second-order valence-electron chi connectivity index (χ2n) is 7.05. The van der Waals surface area contributed by atoms with Crippen molar-refractivity contribution in [3.8, 4) is 0 Å². The molecule has 2 heterocycles. The quantitative estimate of drug-likeness (QED) is 0.768. The van der Waals surface area contributed by atoms with E-state index in [4.69, 9.17) is 9.39 Å². The Hall–Kier alpha value is -1.15. The van der Waals surface area contributed by atoms with Crippen LogP contribution < -0.4 is 10.4 Å². The molecule has 0 aliphatic carbocycles. The molecular weight excluding hydrogens is 295 g/mol. The summed E-state index contributed by atoms with van der Waals surface area (Å²) in [6.45, 7) is 11.8. The lowest BCUT2D eigenvalue weighted by Crippen LogP contribution is -2.53. The van der Waals surface area contributed by atoms with Crippen molar-refractivity contribution in [2.45, 2.75) is 45.8 Å². The van der Waals surface area contributed by atoms with E-state index in [1.54, 1.807) is 33.9 Å². The maximum atomic E-state index is 10.3. The van der Waals surface area contributed by atoms with Gasteiger partial charge in [-0.2, -0.15) is 0 Å². The summed E-state index contributed by atoms with van der Waals surface area (Å²) in [5.74, 6) is 0.908. The van der Waals surface area contributed by atoms with Crippen LogP contribution >= 0.6 is 0 Å². The van der Waals surface area contributed by atoms with Gasteiger partial charge in [-0.3, -0.25) is 0 Å². The molecule has 2 N–H and O–H groups in total. The van der Waals surface area contributed by atoms with Crippen molar-refractivity contribution in [2.24, 2.45) is 0 Å². The maximum Gasteiger partial charge on any atom is 0.493 e. The SMILES string of the molecule is Cc1cc(B(O)OC(C)(C)C(C)(C)O)cnc1N1CCOCC1. The molecular formula is C16H27BN2O4. The zero-order valence-corrected chi connectivity index (χ0v) is 14.7. The number of hydrogen-bond donors (Lipinski definition) is 2. The zero-order chi connectivity index (χ0) is 17.3. The van der Waals surface area contributed by atoms with Crippen LogP contribution in [-0.2, 0) is 9.39 Å². The minimum absolute atomic E-state index is 0.580. The molecule has 1 aliphatic heterocycles. The smallest absolute Gasteiger partial charge is 0.423 e. The molecule has 1 saturated heterocycles. The van der Waals surface area contributed by atoms with Crippen LogP contribution in [0.5, 0.6) is 0 Å². The summed E-state index contributed by atoms with van der Waals surface area (Å²) in [6.07, 6.45) is 1.63. The van der Waals surface area contributed by atoms with Crippen LogP contribution in [0.4, 0.5) is 5.82 Å². The monoisotopic (exact) mass is 322 g/mol. The predicted molar refractivity (Wildman–Crippen MR) is 91.1 cm³/mol. The fourth-order valence-electron chi connectivity index (χ4n) is 2.32. The lowest BCUT2D eigenvalue weighted by atomic mass is 9.77. The number of morpholine rings is 1. The summed E-state index contributed by atoms with van der Waals surface area (Å²) in [4.78, 5) is 6.66. The number of aromatic nitrogens is 1. The van der Waals surface area contributed by atoms with Gasteiger partial charge in [0.2, 0.25) is 0 Å². The van der Waals surface area contributed by atoms with Crippen molar-refractivity contribution in [2.75, 3.05) is 31.2 Å². The van der Waals surface area contributed by atoms with Gasteiger partial charge in [-0.1, -0.05) is 6.07 Å². The number of pyridine rings is 1. The molecule has 23 heavy (non-hydrogen) atoms. The van der Waals surface area contributed by atoms with E-state index in [9.17, 15) is 10.1 Å². The number of aryl methyl sites for hydroxylation is 1. The fraction of sp³-hybridized carbons (Fsp3) is 0.688. The van der Waals surface area contributed by atoms with E-state index < -0.39 is 18.3 Å². The summed E-state index contributed by atoms with van der Waals surface area (Å²) in [6, 6.07) is 1.88. The van der Waals surface area contributed by atoms with Crippen molar-refractivity contribution < 1.29 is 19.5 Å². The third kappa shape index (κ3) is 4.23. The van der Waals surface area contributed by atoms with Gasteiger partial charge in [0, 0.05) is 24.7 Å². The minimum Gasteiger partial charge on any atom is -0.423 e. The van der Waals surface area contributed by atoms with Gasteiger partial charge in [-0.25, -0.2) is 4.98 Å². The Kier molecular flexibility index (Phi) is 5.35. The first kappa shape index (κ1) is 18.2. The standard InChI is InChI=1S/C16H27BN2O4/c1-12-10-13(17(21)23-16(4,5)15(2,3)20)11-18-14(12)19-6-8-22-9-7-19/h10-11,20-21H,6-9H2,1-5H3. The summed E-state index contributed by atoms with van der Waals surface area (Å²) >= 11 is 0. The van der Waals surface area contributed by atoms with Crippen molar-refractivity contribution in [1.82, 2.24) is 4.98 Å². The Labute approximate surface area is 138 Å². The third-order valence-electron chi connectivity index (χ3n) is 4.55. The number of anilines is 1. The third-order valence-corrected chi connectivity index (χ3v) is 4.55. The summed E-state index contributed by atoms with van der Waals surface area (Å²) in [5.41, 5.74) is -0.419. The van der Waals surface area contributed by atoms with E-state index >= 15 is 0 Å². The Morgan fingerprint density at radius 2 is 1.87 bits per heavy atom. The van der Waals surface area contributed by atoms with Gasteiger partial charge in [0.15, 0.2) is 0 Å². The molecule has 0 spiro atoms. The van der Waals surface area contributed by atoms with Gasteiger partial charge in [-0.05, 0) is 40.2 Å². The molecule has 1 aromatic rings. The average molecular weight is 322 g/mol. The first-order chi connectivity index (χ1) is 10.6. The molecule has 0 saturated carbocycles. The van der Waals surface area contributed by atoms with E-state index in [0.717, 1.165) is 24.5 Å². The highest BCUT2D eigenvalue weighted by Gasteiger charge is 2.39. The highest BCUT2D eigenvalue weighted by molar-refractivity contribution is 6.60. The zero-order valence-electron chi connectivity index (χ0n) is 14.7. The summed E-state index contributed by atoms with van der Waals surface area (Å²) < 4.78 is 11.0. The molecule has 1 aliphatic rings. The predicted octanol–water partition coefficient (Wildman–Crippen LogP) is 0.480. The molecule has 0 atom stereocenters. The molecule has 6 nitrogen and oxygen atoms in total. The molecule has 7 heteroatoms. The second-order valence-corrected chi connectivity index (χ2v) is 7.05. The molecule has 1 fully saturated rings. The van der Waals surface area contributed by atoms with Gasteiger partial charge < -0.3 is 24.4 Å². The largest absolute Gasteiger partial charge is 0.493 e. The Morgan fingerprint density at radius 1 is 1.26 bits per heavy atom. The van der Waals surface area contributed by atoms with Gasteiger partial charge in [0.05, 0.1) is 24.4 Å². The van der Waals surface area contributed by atoms with Crippen molar-refractivity contribution in [3.63, 3.8) is 0 Å². The van der Waals surface area contributed by atoms with Gasteiger partial charge in [0.25, 0.3) is 0 Å². The van der Waals surface area contributed by atoms with Gasteiger partial charge in [0.1, 0.15) is 5.82 Å².